The zero-order valence-electron chi connectivity index (χ0n) is 9.15. The van der Waals surface area contributed by atoms with Crippen LogP contribution in [0.5, 0.6) is 0 Å². The minimum atomic E-state index is -0.405. The summed E-state index contributed by atoms with van der Waals surface area (Å²) in [6.45, 7) is 0. The summed E-state index contributed by atoms with van der Waals surface area (Å²) >= 11 is 4.51. The monoisotopic (exact) mass is 325 g/mol. The van der Waals surface area contributed by atoms with Crippen LogP contribution in [0, 0.1) is 11.2 Å². The number of amidine groups is 1. The summed E-state index contributed by atoms with van der Waals surface area (Å²) in [6, 6.07) is 8.11. The van der Waals surface area contributed by atoms with Gasteiger partial charge in [0.1, 0.15) is 16.7 Å². The van der Waals surface area contributed by atoms with Gasteiger partial charge in [0.25, 0.3) is 0 Å². The van der Waals surface area contributed by atoms with Gasteiger partial charge in [-0.25, -0.2) is 9.37 Å². The second kappa shape index (κ2) is 5.49. The number of nitrogens with zero attached hydrogens (tertiary/aromatic N) is 1. The van der Waals surface area contributed by atoms with Crippen LogP contribution in [0.25, 0.3) is 0 Å². The van der Waals surface area contributed by atoms with Gasteiger partial charge in [-0.1, -0.05) is 11.8 Å². The molecule has 0 atom stereocenters. The summed E-state index contributed by atoms with van der Waals surface area (Å²) in [5, 5.41) is 7.94. The van der Waals surface area contributed by atoms with Gasteiger partial charge in [-0.2, -0.15) is 0 Å². The zero-order chi connectivity index (χ0) is 13.1. The third kappa shape index (κ3) is 3.08. The molecule has 0 fully saturated rings. The minimum absolute atomic E-state index is 0.146. The Balaban J connectivity index is 2.24. The first-order valence-electron chi connectivity index (χ1n) is 4.99. The van der Waals surface area contributed by atoms with E-state index in [1.165, 1.54) is 17.8 Å². The first-order chi connectivity index (χ1) is 8.56. The summed E-state index contributed by atoms with van der Waals surface area (Å²) in [5.74, 6) is -0.551. The maximum Gasteiger partial charge on any atom is 0.137 e. The molecule has 0 spiro atoms. The first kappa shape index (κ1) is 13.0. The van der Waals surface area contributed by atoms with Gasteiger partial charge in [0.2, 0.25) is 0 Å². The van der Waals surface area contributed by atoms with E-state index in [4.69, 9.17) is 11.1 Å². The highest BCUT2D eigenvalue weighted by Crippen LogP contribution is 2.29. The van der Waals surface area contributed by atoms with E-state index in [0.717, 1.165) is 4.47 Å². The number of benzene rings is 1. The van der Waals surface area contributed by atoms with Gasteiger partial charge < -0.3 is 5.73 Å². The van der Waals surface area contributed by atoms with Crippen molar-refractivity contribution >= 4 is 33.5 Å². The average Bonchev–Trinajstić information content (AvgIpc) is 2.34. The Labute approximate surface area is 116 Å². The molecule has 6 heteroatoms. The average molecular weight is 326 g/mol. The third-order valence-corrected chi connectivity index (χ3v) is 3.63. The van der Waals surface area contributed by atoms with Crippen molar-refractivity contribution in [3.63, 3.8) is 0 Å². The van der Waals surface area contributed by atoms with E-state index >= 15 is 0 Å². The normalized spacial score (nSPS) is 10.3. The first-order valence-corrected chi connectivity index (χ1v) is 6.60. The fourth-order valence-corrected chi connectivity index (χ4v) is 2.28. The van der Waals surface area contributed by atoms with E-state index in [1.54, 1.807) is 24.4 Å². The highest BCUT2D eigenvalue weighted by atomic mass is 79.9. The van der Waals surface area contributed by atoms with Crippen molar-refractivity contribution in [1.29, 1.82) is 5.41 Å². The zero-order valence-corrected chi connectivity index (χ0v) is 11.6. The van der Waals surface area contributed by atoms with Crippen LogP contribution in [0.3, 0.4) is 0 Å². The molecule has 1 heterocycles. The molecule has 0 aliphatic rings. The largest absolute Gasteiger partial charge is 0.384 e. The Hall–Kier alpha value is -1.40. The van der Waals surface area contributed by atoms with E-state index in [-0.39, 0.29) is 5.84 Å². The highest BCUT2D eigenvalue weighted by molar-refractivity contribution is 9.10. The van der Waals surface area contributed by atoms with Crippen molar-refractivity contribution in [2.45, 2.75) is 9.92 Å². The Bertz CT molecular complexity index is 586. The van der Waals surface area contributed by atoms with Crippen molar-refractivity contribution in [2.24, 2.45) is 5.73 Å². The second-order valence-corrected chi connectivity index (χ2v) is 5.45. The molecule has 2 aromatic rings. The number of nitrogens with one attached hydrogen (secondary N) is 1. The van der Waals surface area contributed by atoms with Crippen LogP contribution in [0.2, 0.25) is 0 Å². The van der Waals surface area contributed by atoms with Crippen molar-refractivity contribution in [3.8, 4) is 0 Å². The van der Waals surface area contributed by atoms with E-state index in [9.17, 15) is 4.39 Å². The summed E-state index contributed by atoms with van der Waals surface area (Å²) < 4.78 is 14.6. The van der Waals surface area contributed by atoms with Gasteiger partial charge in [-0.3, -0.25) is 5.41 Å². The molecule has 3 N–H and O–H groups in total. The number of nitrogens with two attached hydrogens (primary N) is 1. The Kier molecular flexibility index (Phi) is 3.98. The molecule has 18 heavy (non-hydrogen) atoms. The van der Waals surface area contributed by atoms with Crippen LogP contribution in [0.1, 0.15) is 5.56 Å². The molecule has 0 saturated carbocycles. The Morgan fingerprint density at radius 2 is 2.11 bits per heavy atom. The maximum atomic E-state index is 13.8. The van der Waals surface area contributed by atoms with Gasteiger partial charge in [0.15, 0.2) is 0 Å². The predicted octanol–water partition coefficient (Wildman–Crippen LogP) is 3.42. The highest BCUT2D eigenvalue weighted by Gasteiger charge is 2.07. The molecular weight excluding hydrogens is 317 g/mol. The molecule has 0 unspecified atom stereocenters. The minimum Gasteiger partial charge on any atom is -0.384 e. The number of nitrogen functional groups attached to an aromatic ring is 1. The van der Waals surface area contributed by atoms with Gasteiger partial charge in [-0.05, 0) is 46.3 Å². The molecule has 0 bridgehead atoms. The van der Waals surface area contributed by atoms with Crippen LogP contribution in [0.4, 0.5) is 4.39 Å². The van der Waals surface area contributed by atoms with E-state index < -0.39 is 5.82 Å². The topological polar surface area (TPSA) is 62.8 Å². The standard InChI is InChI=1S/C12H9BrFN3S/c13-8-2-4-11(17-6-8)18-10-3-1-7(12(15)16)5-9(10)14/h1-6H,(H3,15,16). The molecule has 0 amide bonds. The fraction of sp³-hybridized carbons (Fsp3) is 0. The van der Waals surface area contributed by atoms with E-state index in [2.05, 4.69) is 20.9 Å². The lowest BCUT2D eigenvalue weighted by Gasteiger charge is -2.04. The summed E-state index contributed by atoms with van der Waals surface area (Å²) in [4.78, 5) is 4.61. The lowest BCUT2D eigenvalue weighted by atomic mass is 10.2. The van der Waals surface area contributed by atoms with Crippen LogP contribution in [-0.4, -0.2) is 10.8 Å². The fourth-order valence-electron chi connectivity index (χ4n) is 1.29. The van der Waals surface area contributed by atoms with E-state index in [1.807, 2.05) is 6.07 Å². The van der Waals surface area contributed by atoms with Gasteiger partial charge in [-0.15, -0.1) is 0 Å². The molecule has 1 aromatic carbocycles. The number of hydrogen-bond acceptors (Lipinski definition) is 3. The van der Waals surface area contributed by atoms with Crippen LogP contribution in [0.15, 0.2) is 50.9 Å². The summed E-state index contributed by atoms with van der Waals surface area (Å²) in [5.41, 5.74) is 5.67. The number of hydrogen-bond donors (Lipinski definition) is 2. The van der Waals surface area contributed by atoms with Crippen LogP contribution < -0.4 is 5.73 Å². The smallest absolute Gasteiger partial charge is 0.137 e. The quantitative estimate of drug-likeness (QED) is 0.671. The summed E-state index contributed by atoms with van der Waals surface area (Å²) in [6.07, 6.45) is 1.66. The molecule has 3 nitrogen and oxygen atoms in total. The van der Waals surface area contributed by atoms with Crippen molar-refractivity contribution < 1.29 is 4.39 Å². The SMILES string of the molecule is N=C(N)c1ccc(Sc2ccc(Br)cn2)c(F)c1. The van der Waals surface area contributed by atoms with Crippen LogP contribution in [-0.2, 0) is 0 Å². The van der Waals surface area contributed by atoms with Gasteiger partial charge >= 0.3 is 0 Å². The maximum absolute atomic E-state index is 13.8. The van der Waals surface area contributed by atoms with Gasteiger partial charge in [0, 0.05) is 21.1 Å². The van der Waals surface area contributed by atoms with Crippen molar-refractivity contribution in [3.05, 3.63) is 52.4 Å². The predicted molar refractivity (Wildman–Crippen MR) is 73.5 cm³/mol. The third-order valence-electron chi connectivity index (χ3n) is 2.16. The lowest BCUT2D eigenvalue weighted by molar-refractivity contribution is 0.601. The van der Waals surface area contributed by atoms with Gasteiger partial charge in [0.05, 0.1) is 0 Å². The second-order valence-electron chi connectivity index (χ2n) is 3.48. The molecule has 2 rings (SSSR count). The van der Waals surface area contributed by atoms with E-state index in [0.29, 0.717) is 15.5 Å². The molecule has 0 saturated heterocycles. The molecule has 92 valence electrons. The number of pyridine rings is 1. The summed E-state index contributed by atoms with van der Waals surface area (Å²) in [7, 11) is 0. The van der Waals surface area contributed by atoms with Crippen molar-refractivity contribution in [1.82, 2.24) is 4.98 Å². The van der Waals surface area contributed by atoms with Crippen molar-refractivity contribution in [2.75, 3.05) is 0 Å². The number of rotatable bonds is 3. The number of halogens is 2. The molecule has 1 aromatic heterocycles. The molecule has 0 aliphatic heterocycles. The molecule has 0 aliphatic carbocycles. The Morgan fingerprint density at radius 3 is 2.67 bits per heavy atom. The molecule has 0 radical (unpaired) electrons. The lowest BCUT2D eigenvalue weighted by Crippen LogP contribution is -2.11. The molecular formula is C12H9BrFN3S. The Morgan fingerprint density at radius 1 is 1.33 bits per heavy atom. The number of aromatic nitrogens is 1. The van der Waals surface area contributed by atoms with Crippen LogP contribution >= 0.6 is 27.7 Å².